The van der Waals surface area contributed by atoms with E-state index >= 15 is 0 Å². The molecule has 0 radical (unpaired) electrons. The molecule has 0 aliphatic heterocycles. The largest absolute Gasteiger partial charge is 0.367 e. The van der Waals surface area contributed by atoms with Gasteiger partial charge in [0.25, 0.3) is 0 Å². The SMILES string of the molecule is CC(NC(=O)Nc1n[nH]c(=S)s1)(C(N)=O)c1ccccc1. The van der Waals surface area contributed by atoms with Crippen LogP contribution in [0.15, 0.2) is 30.3 Å². The number of aromatic amines is 1. The van der Waals surface area contributed by atoms with E-state index in [1.54, 1.807) is 24.3 Å². The number of nitrogens with one attached hydrogen (secondary N) is 3. The van der Waals surface area contributed by atoms with Crippen molar-refractivity contribution in [2.24, 2.45) is 5.73 Å². The standard InChI is InChI=1S/C12H13N5O2S2/c1-12(8(13)18,7-5-3-2-4-6-7)15-9(19)14-10-16-17-11(20)21-10/h2-6H,1H3,(H2,13,18)(H,17,20)(H2,14,15,16,19). The predicted molar refractivity (Wildman–Crippen MR) is 82.4 cm³/mol. The van der Waals surface area contributed by atoms with Gasteiger partial charge in [-0.3, -0.25) is 15.2 Å². The van der Waals surface area contributed by atoms with E-state index in [-0.39, 0.29) is 0 Å². The number of nitrogens with zero attached hydrogens (tertiary/aromatic N) is 1. The fraction of sp³-hybridized carbons (Fsp3) is 0.167. The van der Waals surface area contributed by atoms with Crippen LogP contribution in [0.5, 0.6) is 0 Å². The molecule has 1 unspecified atom stereocenters. The molecule has 110 valence electrons. The van der Waals surface area contributed by atoms with Crippen LogP contribution in [0, 0.1) is 3.95 Å². The summed E-state index contributed by atoms with van der Waals surface area (Å²) >= 11 is 5.97. The molecule has 0 saturated heterocycles. The minimum atomic E-state index is -1.33. The molecule has 0 fully saturated rings. The minimum absolute atomic E-state index is 0.303. The smallest absolute Gasteiger partial charge is 0.322 e. The quantitative estimate of drug-likeness (QED) is 0.642. The monoisotopic (exact) mass is 323 g/mol. The lowest BCUT2D eigenvalue weighted by atomic mass is 9.91. The van der Waals surface area contributed by atoms with E-state index in [1.807, 2.05) is 6.07 Å². The first-order valence-electron chi connectivity index (χ1n) is 5.92. The number of benzene rings is 1. The lowest BCUT2D eigenvalue weighted by Gasteiger charge is -2.27. The zero-order valence-corrected chi connectivity index (χ0v) is 12.7. The van der Waals surface area contributed by atoms with Gasteiger partial charge in [-0.1, -0.05) is 41.7 Å². The number of amides is 3. The number of carbonyl (C=O) groups excluding carboxylic acids is 2. The van der Waals surface area contributed by atoms with Gasteiger partial charge < -0.3 is 11.1 Å². The fourth-order valence-electron chi connectivity index (χ4n) is 1.69. The van der Waals surface area contributed by atoms with Gasteiger partial charge in [0.05, 0.1) is 0 Å². The van der Waals surface area contributed by atoms with Crippen molar-refractivity contribution in [1.82, 2.24) is 15.5 Å². The van der Waals surface area contributed by atoms with Crippen molar-refractivity contribution in [3.63, 3.8) is 0 Å². The molecule has 2 rings (SSSR count). The van der Waals surface area contributed by atoms with Gasteiger partial charge in [0.15, 0.2) is 3.95 Å². The first kappa shape index (κ1) is 15.1. The second kappa shape index (κ2) is 6.02. The highest BCUT2D eigenvalue weighted by Crippen LogP contribution is 2.20. The zero-order chi connectivity index (χ0) is 15.5. The molecule has 0 aliphatic rings. The molecular formula is C12H13N5O2S2. The molecule has 0 bridgehead atoms. The van der Waals surface area contributed by atoms with Crippen LogP contribution in [0.1, 0.15) is 12.5 Å². The number of aromatic nitrogens is 2. The van der Waals surface area contributed by atoms with Gasteiger partial charge in [-0.15, -0.1) is 5.10 Å². The van der Waals surface area contributed by atoms with Gasteiger partial charge in [-0.05, 0) is 24.7 Å². The summed E-state index contributed by atoms with van der Waals surface area (Å²) in [5.41, 5.74) is 4.69. The van der Waals surface area contributed by atoms with Crippen LogP contribution in [0.4, 0.5) is 9.93 Å². The van der Waals surface area contributed by atoms with Crippen molar-refractivity contribution in [2.45, 2.75) is 12.5 Å². The highest BCUT2D eigenvalue weighted by molar-refractivity contribution is 7.73. The maximum absolute atomic E-state index is 12.0. The number of carbonyl (C=O) groups is 2. The summed E-state index contributed by atoms with van der Waals surface area (Å²) in [6.45, 7) is 1.54. The van der Waals surface area contributed by atoms with Crippen molar-refractivity contribution in [3.8, 4) is 0 Å². The molecule has 1 aromatic carbocycles. The van der Waals surface area contributed by atoms with E-state index in [1.165, 1.54) is 6.92 Å². The van der Waals surface area contributed by atoms with E-state index in [0.29, 0.717) is 14.6 Å². The highest BCUT2D eigenvalue weighted by Gasteiger charge is 2.35. The van der Waals surface area contributed by atoms with Crippen molar-refractivity contribution >= 4 is 40.6 Å². The molecule has 0 saturated carbocycles. The topological polar surface area (TPSA) is 113 Å². The molecule has 1 aromatic heterocycles. The van der Waals surface area contributed by atoms with Gasteiger partial charge in [0, 0.05) is 0 Å². The third-order valence-corrected chi connectivity index (χ3v) is 3.87. The molecular weight excluding hydrogens is 310 g/mol. The summed E-state index contributed by atoms with van der Waals surface area (Å²) in [6.07, 6.45) is 0. The Hall–Kier alpha value is -2.26. The molecule has 0 spiro atoms. The Balaban J connectivity index is 2.18. The van der Waals surface area contributed by atoms with Crippen molar-refractivity contribution in [3.05, 3.63) is 39.8 Å². The molecule has 21 heavy (non-hydrogen) atoms. The zero-order valence-electron chi connectivity index (χ0n) is 11.0. The molecule has 3 amide bonds. The van der Waals surface area contributed by atoms with Gasteiger partial charge >= 0.3 is 6.03 Å². The first-order valence-corrected chi connectivity index (χ1v) is 7.14. The third-order valence-electron chi connectivity index (χ3n) is 2.87. The highest BCUT2D eigenvalue weighted by atomic mass is 32.1. The third kappa shape index (κ3) is 3.44. The second-order valence-electron chi connectivity index (χ2n) is 4.35. The summed E-state index contributed by atoms with van der Waals surface area (Å²) in [4.78, 5) is 23.8. The number of nitrogens with two attached hydrogens (primary N) is 1. The maximum Gasteiger partial charge on any atom is 0.322 e. The number of primary amides is 1. The number of anilines is 1. The van der Waals surface area contributed by atoms with E-state index in [2.05, 4.69) is 20.8 Å². The van der Waals surface area contributed by atoms with Gasteiger partial charge in [-0.25, -0.2) is 4.79 Å². The summed E-state index contributed by atoms with van der Waals surface area (Å²) in [6, 6.07) is 8.15. The van der Waals surface area contributed by atoms with E-state index < -0.39 is 17.5 Å². The number of H-pyrrole nitrogens is 1. The fourth-order valence-corrected chi connectivity index (χ4v) is 2.47. The van der Waals surface area contributed by atoms with Crippen LogP contribution >= 0.6 is 23.6 Å². The lowest BCUT2D eigenvalue weighted by Crippen LogP contribution is -2.53. The summed E-state index contributed by atoms with van der Waals surface area (Å²) in [7, 11) is 0. The first-order chi connectivity index (χ1) is 9.91. The van der Waals surface area contributed by atoms with Crippen LogP contribution in [0.2, 0.25) is 0 Å². The minimum Gasteiger partial charge on any atom is -0.367 e. The predicted octanol–water partition coefficient (Wildman–Crippen LogP) is 1.72. The van der Waals surface area contributed by atoms with Crippen molar-refractivity contribution < 1.29 is 9.59 Å². The average Bonchev–Trinajstić information content (AvgIpc) is 2.84. The van der Waals surface area contributed by atoms with Gasteiger partial charge in [0.2, 0.25) is 11.0 Å². The van der Waals surface area contributed by atoms with E-state index in [9.17, 15) is 9.59 Å². The Labute approximate surface area is 129 Å². The van der Waals surface area contributed by atoms with Crippen LogP contribution < -0.4 is 16.4 Å². The molecule has 5 N–H and O–H groups in total. The molecule has 9 heteroatoms. The molecule has 0 aliphatic carbocycles. The van der Waals surface area contributed by atoms with Crippen molar-refractivity contribution in [1.29, 1.82) is 0 Å². The van der Waals surface area contributed by atoms with Crippen LogP contribution in [0.25, 0.3) is 0 Å². The summed E-state index contributed by atoms with van der Waals surface area (Å²) in [5.74, 6) is -0.668. The van der Waals surface area contributed by atoms with E-state index in [4.69, 9.17) is 18.0 Å². The van der Waals surface area contributed by atoms with Crippen molar-refractivity contribution in [2.75, 3.05) is 5.32 Å². The van der Waals surface area contributed by atoms with E-state index in [0.717, 1.165) is 11.3 Å². The molecule has 1 atom stereocenters. The van der Waals surface area contributed by atoms with Gasteiger partial charge in [-0.2, -0.15) is 0 Å². The molecule has 1 heterocycles. The normalized spacial score (nSPS) is 13.2. The summed E-state index contributed by atoms with van der Waals surface area (Å²) < 4.78 is 0.436. The number of hydrogen-bond donors (Lipinski definition) is 4. The van der Waals surface area contributed by atoms with Crippen LogP contribution in [-0.4, -0.2) is 22.1 Å². The van der Waals surface area contributed by atoms with Gasteiger partial charge in [0.1, 0.15) is 5.54 Å². The maximum atomic E-state index is 12.0. The van der Waals surface area contributed by atoms with Crippen LogP contribution in [-0.2, 0) is 10.3 Å². The number of hydrogen-bond acceptors (Lipinski definition) is 5. The Bertz CT molecular complexity index is 712. The lowest BCUT2D eigenvalue weighted by molar-refractivity contribution is -0.123. The average molecular weight is 323 g/mol. The number of urea groups is 1. The number of rotatable bonds is 4. The molecule has 7 nitrogen and oxygen atoms in total. The second-order valence-corrected chi connectivity index (χ2v) is 6.02. The Morgan fingerprint density at radius 3 is 2.57 bits per heavy atom. The van der Waals surface area contributed by atoms with Crippen LogP contribution in [0.3, 0.4) is 0 Å². The Kier molecular flexibility index (Phi) is 4.34. The Morgan fingerprint density at radius 2 is 2.05 bits per heavy atom. The molecule has 2 aromatic rings. The summed E-state index contributed by atoms with van der Waals surface area (Å²) in [5, 5.41) is 11.7. The Morgan fingerprint density at radius 1 is 1.38 bits per heavy atom.